The minimum absolute atomic E-state index is 0.0111. The number of hydrogen-bond acceptors (Lipinski definition) is 2. The van der Waals surface area contributed by atoms with E-state index in [4.69, 9.17) is 0 Å². The molecule has 2 rings (SSSR count). The van der Waals surface area contributed by atoms with Gasteiger partial charge in [-0.05, 0) is 47.6 Å². The molecule has 1 aromatic carbocycles. The maximum atomic E-state index is 13.2. The monoisotopic (exact) mass is 425 g/mol. The first-order valence-corrected chi connectivity index (χ1v) is 11.3. The van der Waals surface area contributed by atoms with Gasteiger partial charge in [-0.15, -0.1) is 0 Å². The number of hydrogen-bond donors (Lipinski definition) is 0. The van der Waals surface area contributed by atoms with Gasteiger partial charge in [0.25, 0.3) is 5.91 Å². The number of nitrogens with zero attached hydrogens (tertiary/aromatic N) is 3. The summed E-state index contributed by atoms with van der Waals surface area (Å²) in [7, 11) is 1.99. The summed E-state index contributed by atoms with van der Waals surface area (Å²) in [5, 5.41) is 0. The molecule has 0 aliphatic rings. The lowest BCUT2D eigenvalue weighted by atomic mass is 9.86. The fraction of sp³-hybridized carbons (Fsp3) is 0.538. The Morgan fingerprint density at radius 2 is 1.68 bits per heavy atom. The van der Waals surface area contributed by atoms with E-state index >= 15 is 0 Å². The van der Waals surface area contributed by atoms with Crippen molar-refractivity contribution in [2.75, 3.05) is 19.6 Å². The van der Waals surface area contributed by atoms with Gasteiger partial charge in [-0.25, -0.2) is 0 Å². The van der Waals surface area contributed by atoms with E-state index in [1.807, 2.05) is 66.0 Å². The Hall–Kier alpha value is -2.56. The molecular formula is C26H39N3O2. The molecule has 0 saturated heterocycles. The average molecular weight is 426 g/mol. The van der Waals surface area contributed by atoms with Crippen molar-refractivity contribution in [3.8, 4) is 0 Å². The third kappa shape index (κ3) is 6.98. The zero-order chi connectivity index (χ0) is 23.2. The van der Waals surface area contributed by atoms with E-state index in [0.29, 0.717) is 31.1 Å². The number of rotatable bonds is 9. The van der Waals surface area contributed by atoms with Crippen molar-refractivity contribution in [3.05, 3.63) is 59.4 Å². The van der Waals surface area contributed by atoms with E-state index < -0.39 is 0 Å². The minimum Gasteiger partial charge on any atom is -0.353 e. The highest BCUT2D eigenvalue weighted by molar-refractivity contribution is 5.96. The topological polar surface area (TPSA) is 45.6 Å². The fourth-order valence-electron chi connectivity index (χ4n) is 3.63. The SMILES string of the molecule is CCCN(CC(=O)N(Cc1cccn1C)CC(C)C)C(=O)c1ccc(C(C)(C)C)cc1. The van der Waals surface area contributed by atoms with Gasteiger partial charge in [-0.1, -0.05) is 53.7 Å². The molecule has 0 aliphatic heterocycles. The Kier molecular flexibility index (Phi) is 8.49. The predicted octanol–water partition coefficient (Wildman–Crippen LogP) is 4.86. The highest BCUT2D eigenvalue weighted by atomic mass is 16.2. The summed E-state index contributed by atoms with van der Waals surface area (Å²) in [5.74, 6) is 0.256. The summed E-state index contributed by atoms with van der Waals surface area (Å²) >= 11 is 0. The molecular weight excluding hydrogens is 386 g/mol. The van der Waals surface area contributed by atoms with Crippen molar-refractivity contribution in [1.82, 2.24) is 14.4 Å². The highest BCUT2D eigenvalue weighted by Crippen LogP contribution is 2.22. The molecule has 170 valence electrons. The molecule has 0 N–H and O–H groups in total. The molecule has 31 heavy (non-hydrogen) atoms. The first-order chi connectivity index (χ1) is 14.5. The molecule has 0 unspecified atom stereocenters. The molecule has 5 heteroatoms. The number of carbonyl (C=O) groups excluding carboxylic acids is 2. The zero-order valence-electron chi connectivity index (χ0n) is 20.3. The van der Waals surface area contributed by atoms with Gasteiger partial charge < -0.3 is 14.4 Å². The van der Waals surface area contributed by atoms with E-state index in [-0.39, 0.29) is 23.8 Å². The Morgan fingerprint density at radius 3 is 2.16 bits per heavy atom. The summed E-state index contributed by atoms with van der Waals surface area (Å²) in [4.78, 5) is 30.0. The molecule has 1 heterocycles. The van der Waals surface area contributed by atoms with E-state index in [1.54, 1.807) is 4.90 Å². The van der Waals surface area contributed by atoms with Gasteiger partial charge in [-0.2, -0.15) is 0 Å². The maximum absolute atomic E-state index is 13.2. The molecule has 1 aromatic heterocycles. The molecule has 2 aromatic rings. The summed E-state index contributed by atoms with van der Waals surface area (Å²) in [6.07, 6.45) is 2.79. The van der Waals surface area contributed by atoms with Gasteiger partial charge >= 0.3 is 0 Å². The highest BCUT2D eigenvalue weighted by Gasteiger charge is 2.23. The van der Waals surface area contributed by atoms with Crippen LogP contribution in [0.4, 0.5) is 0 Å². The third-order valence-electron chi connectivity index (χ3n) is 5.45. The maximum Gasteiger partial charge on any atom is 0.254 e. The van der Waals surface area contributed by atoms with Crippen molar-refractivity contribution in [2.45, 2.75) is 59.9 Å². The van der Waals surface area contributed by atoms with Crippen LogP contribution in [0.25, 0.3) is 0 Å². The van der Waals surface area contributed by atoms with Gasteiger partial charge in [0.15, 0.2) is 0 Å². The van der Waals surface area contributed by atoms with Gasteiger partial charge in [0.1, 0.15) is 6.54 Å². The lowest BCUT2D eigenvalue weighted by molar-refractivity contribution is -0.133. The summed E-state index contributed by atoms with van der Waals surface area (Å²) < 4.78 is 2.03. The van der Waals surface area contributed by atoms with Crippen LogP contribution >= 0.6 is 0 Å². The fourth-order valence-corrected chi connectivity index (χ4v) is 3.63. The smallest absolute Gasteiger partial charge is 0.254 e. The molecule has 0 spiro atoms. The standard InChI is InChI=1S/C26H39N3O2/c1-8-15-28(25(31)21-11-13-22(14-12-21)26(4,5)6)19-24(30)29(17-20(2)3)18-23-10-9-16-27(23)7/h9-14,16,20H,8,15,17-19H2,1-7H3. The minimum atomic E-state index is -0.0842. The van der Waals surface area contributed by atoms with E-state index in [0.717, 1.165) is 12.1 Å². The quantitative estimate of drug-likeness (QED) is 0.576. The van der Waals surface area contributed by atoms with E-state index in [1.165, 1.54) is 5.56 Å². The lowest BCUT2D eigenvalue weighted by Crippen LogP contribution is -2.44. The molecule has 5 nitrogen and oxygen atoms in total. The normalized spacial score (nSPS) is 11.6. The van der Waals surface area contributed by atoms with Crippen LogP contribution in [0.2, 0.25) is 0 Å². The molecule has 0 atom stereocenters. The largest absolute Gasteiger partial charge is 0.353 e. The number of aromatic nitrogens is 1. The van der Waals surface area contributed by atoms with Gasteiger partial charge in [0.05, 0.1) is 6.54 Å². The Bertz CT molecular complexity index is 860. The second-order valence-electron chi connectivity index (χ2n) is 9.83. The zero-order valence-corrected chi connectivity index (χ0v) is 20.3. The molecule has 0 aliphatic carbocycles. The van der Waals surface area contributed by atoms with Crippen LogP contribution in [0.15, 0.2) is 42.6 Å². The molecule has 0 radical (unpaired) electrons. The number of benzene rings is 1. The summed E-state index contributed by atoms with van der Waals surface area (Å²) in [6.45, 7) is 14.6. The van der Waals surface area contributed by atoms with Crippen molar-refractivity contribution >= 4 is 11.8 Å². The molecule has 2 amide bonds. The van der Waals surface area contributed by atoms with Gasteiger partial charge in [-0.3, -0.25) is 9.59 Å². The van der Waals surface area contributed by atoms with Crippen LogP contribution in [0, 0.1) is 5.92 Å². The van der Waals surface area contributed by atoms with Gasteiger partial charge in [0, 0.05) is 37.6 Å². The van der Waals surface area contributed by atoms with Crippen LogP contribution in [0.1, 0.15) is 69.6 Å². The van der Waals surface area contributed by atoms with E-state index in [9.17, 15) is 9.59 Å². The van der Waals surface area contributed by atoms with Gasteiger partial charge in [0.2, 0.25) is 5.91 Å². The van der Waals surface area contributed by atoms with Crippen molar-refractivity contribution in [1.29, 1.82) is 0 Å². The Morgan fingerprint density at radius 1 is 1.03 bits per heavy atom. The number of carbonyl (C=O) groups is 2. The second kappa shape index (κ2) is 10.7. The second-order valence-corrected chi connectivity index (χ2v) is 9.83. The summed E-state index contributed by atoms with van der Waals surface area (Å²) in [6, 6.07) is 11.8. The Balaban J connectivity index is 2.17. The van der Waals surface area contributed by atoms with Crippen molar-refractivity contribution in [3.63, 3.8) is 0 Å². The van der Waals surface area contributed by atoms with Crippen LogP contribution in [-0.4, -0.2) is 45.8 Å². The Labute approximate surface area is 188 Å². The first-order valence-electron chi connectivity index (χ1n) is 11.3. The lowest BCUT2D eigenvalue weighted by Gasteiger charge is -2.29. The third-order valence-corrected chi connectivity index (χ3v) is 5.45. The van der Waals surface area contributed by atoms with Crippen molar-refractivity contribution in [2.24, 2.45) is 13.0 Å². The molecule has 0 bridgehead atoms. The average Bonchev–Trinajstić information content (AvgIpc) is 3.10. The van der Waals surface area contributed by atoms with Crippen LogP contribution < -0.4 is 0 Å². The predicted molar refractivity (Wildman–Crippen MR) is 127 cm³/mol. The molecule has 0 fully saturated rings. The van der Waals surface area contributed by atoms with Crippen LogP contribution in [0.3, 0.4) is 0 Å². The first kappa shape index (κ1) is 24.7. The number of aryl methyl sites for hydroxylation is 1. The summed E-state index contributed by atoms with van der Waals surface area (Å²) in [5.41, 5.74) is 2.94. The van der Waals surface area contributed by atoms with Crippen LogP contribution in [-0.2, 0) is 23.8 Å². The van der Waals surface area contributed by atoms with Crippen LogP contribution in [0.5, 0.6) is 0 Å². The number of amides is 2. The van der Waals surface area contributed by atoms with E-state index in [2.05, 4.69) is 34.6 Å². The molecule has 0 saturated carbocycles. The van der Waals surface area contributed by atoms with Crippen molar-refractivity contribution < 1.29 is 9.59 Å².